The fourth-order valence-corrected chi connectivity index (χ4v) is 13.3. The third kappa shape index (κ3) is 18.5. The van der Waals surface area contributed by atoms with E-state index in [1.54, 1.807) is 125 Å². The van der Waals surface area contributed by atoms with Crippen molar-refractivity contribution in [3.05, 3.63) is 263 Å². The van der Waals surface area contributed by atoms with Gasteiger partial charge in [-0.2, -0.15) is 0 Å². The number of carbonyl (C=O) groups excluding carboxylic acids is 3. The summed E-state index contributed by atoms with van der Waals surface area (Å²) in [5.41, 5.74) is 15.9. The molecule has 3 aromatic heterocycles. The number of halogens is 4. The second-order valence-corrected chi connectivity index (χ2v) is 26.8. The normalized spacial score (nSPS) is 11.9. The van der Waals surface area contributed by atoms with E-state index in [2.05, 4.69) is 50.0 Å². The summed E-state index contributed by atoms with van der Waals surface area (Å²) in [6.45, 7) is 15.7. The zero-order valence-electron chi connectivity index (χ0n) is 60.1. The molecule has 9 aromatic carbocycles. The summed E-state index contributed by atoms with van der Waals surface area (Å²) in [4.78, 5) is 51.6. The van der Waals surface area contributed by atoms with Crippen molar-refractivity contribution in [1.29, 1.82) is 0 Å². The van der Waals surface area contributed by atoms with E-state index in [1.807, 2.05) is 84.0 Å². The Labute approximate surface area is 623 Å². The molecule has 0 fully saturated rings. The highest BCUT2D eigenvalue weighted by Gasteiger charge is 2.31. The minimum absolute atomic E-state index is 0.0766. The highest BCUT2D eigenvalue weighted by atomic mass is 35.5. The van der Waals surface area contributed by atoms with Crippen molar-refractivity contribution in [1.82, 2.24) is 15.0 Å². The van der Waals surface area contributed by atoms with Gasteiger partial charge in [0.15, 0.2) is 17.3 Å². The van der Waals surface area contributed by atoms with E-state index in [0.717, 1.165) is 77.4 Å². The van der Waals surface area contributed by atoms with E-state index in [0.29, 0.717) is 99.8 Å². The molecule has 0 saturated heterocycles. The summed E-state index contributed by atoms with van der Waals surface area (Å²) in [5, 5.41) is 41.7. The van der Waals surface area contributed by atoms with Crippen LogP contribution in [0.25, 0.3) is 32.7 Å². The van der Waals surface area contributed by atoms with Gasteiger partial charge in [0.25, 0.3) is 0 Å². The van der Waals surface area contributed by atoms with Crippen molar-refractivity contribution in [3.63, 3.8) is 0 Å². The van der Waals surface area contributed by atoms with Gasteiger partial charge in [-0.1, -0.05) is 64.6 Å². The maximum Gasteiger partial charge on any atom is 0.191 e. The highest BCUT2D eigenvalue weighted by Crippen LogP contribution is 2.39. The first-order chi connectivity index (χ1) is 50.4. The Morgan fingerprint density at radius 2 is 0.733 bits per heavy atom. The van der Waals surface area contributed by atoms with Crippen LogP contribution >= 0.6 is 34.8 Å². The molecule has 105 heavy (non-hydrogen) atoms. The number of carbonyl (C=O) groups is 3. The molecule has 546 valence electrons. The fourth-order valence-electron chi connectivity index (χ4n) is 12.6. The van der Waals surface area contributed by atoms with Crippen molar-refractivity contribution < 1.29 is 62.5 Å². The zero-order valence-corrected chi connectivity index (χ0v) is 62.4. The Balaban J connectivity index is 0.000000169. The Hall–Kier alpha value is -10.5. The van der Waals surface area contributed by atoms with Crippen LogP contribution in [0.4, 0.5) is 21.5 Å². The number of rotatable bonds is 27. The maximum atomic E-state index is 14.1. The second-order valence-electron chi connectivity index (χ2n) is 25.5. The van der Waals surface area contributed by atoms with Gasteiger partial charge in [0, 0.05) is 155 Å². The van der Waals surface area contributed by atoms with E-state index in [9.17, 15) is 18.8 Å². The molecule has 0 bridgehead atoms. The molecule has 22 heteroatoms. The number of anilines is 3. The van der Waals surface area contributed by atoms with Gasteiger partial charge in [0.2, 0.25) is 0 Å². The minimum atomic E-state index is -0.783. The number of Topliss-reactive ketones (excluding diaryl/α,β-unsaturated/α-hetero) is 3. The van der Waals surface area contributed by atoms with Crippen LogP contribution in [0.2, 0.25) is 15.1 Å². The van der Waals surface area contributed by atoms with E-state index in [1.165, 1.54) is 13.2 Å². The number of ether oxygens (including phenoxy) is 6. The van der Waals surface area contributed by atoms with E-state index in [4.69, 9.17) is 78.5 Å². The number of hydrogen-bond donors (Lipinski definition) is 9. The number of ketones is 3. The lowest BCUT2D eigenvalue weighted by atomic mass is 9.93. The van der Waals surface area contributed by atoms with Gasteiger partial charge in [0.1, 0.15) is 78.3 Å². The molecule has 0 amide bonds. The molecule has 9 N–H and O–H groups in total. The number of hydrogen-bond acceptors (Lipinski definition) is 15. The maximum absolute atomic E-state index is 14.1. The summed E-state index contributed by atoms with van der Waals surface area (Å²) >= 11 is 18.6. The van der Waals surface area contributed by atoms with Crippen LogP contribution in [0, 0.1) is 61.2 Å². The molecular formula is C83H84Cl3FN6O12. The van der Waals surface area contributed by atoms with Crippen LogP contribution in [0.15, 0.2) is 164 Å². The van der Waals surface area contributed by atoms with Gasteiger partial charge in [-0.3, -0.25) is 14.4 Å². The van der Waals surface area contributed by atoms with Crippen molar-refractivity contribution >= 4 is 102 Å². The first-order valence-electron chi connectivity index (χ1n) is 33.8. The lowest BCUT2D eigenvalue weighted by molar-refractivity contribution is 0.0963. The number of aromatic amines is 3. The molecule has 0 radical (unpaired) electrons. The average molecular weight is 1480 g/mol. The largest absolute Gasteiger partial charge is 0.497 e. The van der Waals surface area contributed by atoms with Gasteiger partial charge < -0.3 is 74.6 Å². The quantitative estimate of drug-likeness (QED) is 0.0217. The molecule has 0 aliphatic carbocycles. The molecule has 12 rings (SSSR count). The second kappa shape index (κ2) is 34.8. The topological polar surface area (TPSA) is 251 Å². The predicted octanol–water partition coefficient (Wildman–Crippen LogP) is 18.3. The number of aliphatic hydroxyl groups excluding tert-OH is 3. The molecule has 3 atom stereocenters. The number of fused-ring (bicyclic) bond motifs is 3. The Morgan fingerprint density at radius 3 is 1.10 bits per heavy atom. The molecule has 3 unspecified atom stereocenters. The first kappa shape index (κ1) is 77.1. The van der Waals surface area contributed by atoms with Crippen molar-refractivity contribution in [2.24, 2.45) is 0 Å². The van der Waals surface area contributed by atoms with Crippen LogP contribution in [0.3, 0.4) is 0 Å². The Kier molecular flexibility index (Phi) is 25.6. The monoisotopic (exact) mass is 1480 g/mol. The Morgan fingerprint density at radius 1 is 0.390 bits per heavy atom. The molecule has 0 aliphatic rings. The fraction of sp³-hybridized carbons (Fsp3) is 0.241. The minimum Gasteiger partial charge on any atom is -0.497 e. The molecular weight excluding hydrogens is 1400 g/mol. The molecule has 12 aromatic rings. The summed E-state index contributed by atoms with van der Waals surface area (Å²) in [7, 11) is 4.67. The number of aromatic nitrogens is 3. The average Bonchev–Trinajstić information content (AvgIpc) is 1.70. The molecule has 0 saturated carbocycles. The van der Waals surface area contributed by atoms with Gasteiger partial charge >= 0.3 is 0 Å². The molecule has 18 nitrogen and oxygen atoms in total. The number of methoxy groups -OCH3 is 3. The van der Waals surface area contributed by atoms with Crippen LogP contribution in [0.5, 0.6) is 34.5 Å². The lowest BCUT2D eigenvalue weighted by Crippen LogP contribution is -2.22. The number of H-pyrrole nitrogens is 3. The van der Waals surface area contributed by atoms with Crippen molar-refractivity contribution in [2.45, 2.75) is 73.5 Å². The predicted molar refractivity (Wildman–Crippen MR) is 416 cm³/mol. The van der Waals surface area contributed by atoms with Gasteiger partial charge in [-0.15, -0.1) is 0 Å². The van der Waals surface area contributed by atoms with E-state index >= 15 is 0 Å². The van der Waals surface area contributed by atoms with Gasteiger partial charge in [-0.25, -0.2) is 4.39 Å². The Bertz CT molecular complexity index is 4940. The smallest absolute Gasteiger partial charge is 0.191 e. The van der Waals surface area contributed by atoms with Crippen LogP contribution in [0.1, 0.15) is 110 Å². The molecule has 0 spiro atoms. The summed E-state index contributed by atoms with van der Waals surface area (Å²) < 4.78 is 47.1. The van der Waals surface area contributed by atoms with E-state index < -0.39 is 18.1 Å². The molecule has 3 heterocycles. The van der Waals surface area contributed by atoms with Crippen LogP contribution in [-0.4, -0.2) is 109 Å². The first-order valence-corrected chi connectivity index (χ1v) is 35.0. The van der Waals surface area contributed by atoms with Crippen LogP contribution in [-0.2, 0) is 0 Å². The van der Waals surface area contributed by atoms with Gasteiger partial charge in [0.05, 0.1) is 41.2 Å². The number of aryl methyl sites for hydroxylation is 8. The third-order valence-corrected chi connectivity index (χ3v) is 18.7. The van der Waals surface area contributed by atoms with Gasteiger partial charge in [-0.05, 0) is 178 Å². The van der Waals surface area contributed by atoms with Crippen molar-refractivity contribution in [2.75, 3.05) is 76.9 Å². The lowest BCUT2D eigenvalue weighted by Gasteiger charge is -2.22. The summed E-state index contributed by atoms with van der Waals surface area (Å²) in [6.07, 6.45) is 5.15. The summed E-state index contributed by atoms with van der Waals surface area (Å²) in [6, 6.07) is 41.4. The SMILES string of the molecule is COc1cc(NC(C(=O)c2c[nH]c3c(C)cc(C)cc23)c2ccc(Cl)cc2C)cc(OCCO)c1.COc1cc(NC(C(=O)c2c[nH]c3cc(C)c(C)cc23)c2ccc(Cl)cc2C)cc(OCCO)c1.COc1cc(NC(C(=O)c2c[nH]c3cc(F)c(C)cc23)c2ccc(Cl)cc2C)cc(OCCO)c1. The standard InChI is InChI=1S/2C28H29ClN2O4.C27H26ClFN2O4/c1-16-10-24-25(15-30-26(24)11-17(16)2)28(33)27(23-6-5-19(29)9-18(23)3)31-20-12-21(34-4)14-22(13-20)35-8-7-32;1-16-9-18(3)26-24(10-16)25(15-30-26)28(33)27(23-6-5-19(29)11-17(23)2)31-20-12-21(34-4)14-22(13-20)35-8-7-32;1-15-8-17(28)4-5-21(15)26(31-18-10-19(34-3)12-20(11-18)35-7-6-32)27(33)23-14-30-25-13-24(29)16(2)9-22(23)25/h2*5-6,9-15,27,30-32H,7-8H2,1-4H3;4-5,8-14,26,30-32H,6-7H2,1-3H3. The van der Waals surface area contributed by atoms with E-state index in [-0.39, 0.29) is 62.8 Å². The highest BCUT2D eigenvalue weighted by molar-refractivity contribution is 6.31. The van der Waals surface area contributed by atoms with Crippen LogP contribution < -0.4 is 44.4 Å². The van der Waals surface area contributed by atoms with Crippen molar-refractivity contribution in [3.8, 4) is 34.5 Å². The third-order valence-electron chi connectivity index (χ3n) is 18.0. The zero-order chi connectivity index (χ0) is 75.3. The summed E-state index contributed by atoms with van der Waals surface area (Å²) in [5.74, 6) is 2.51. The number of aliphatic hydroxyl groups is 3. The number of nitrogens with one attached hydrogen (secondary N) is 6. The molecule has 0 aliphatic heterocycles. The number of benzene rings is 9.